The third-order valence-electron chi connectivity index (χ3n) is 0.770. The highest BCUT2D eigenvalue weighted by molar-refractivity contribution is 7.96. The van der Waals surface area contributed by atoms with Crippen molar-refractivity contribution in [3.05, 3.63) is 0 Å². The predicted molar refractivity (Wildman–Crippen MR) is 41.7 cm³/mol. The van der Waals surface area contributed by atoms with Crippen LogP contribution in [0.15, 0.2) is 0 Å². The van der Waals surface area contributed by atoms with Crippen LogP contribution < -0.4 is 5.32 Å². The molecule has 0 aliphatic carbocycles. The van der Waals surface area contributed by atoms with E-state index in [1.54, 1.807) is 0 Å². The maximum atomic E-state index is 10.3. The fraction of sp³-hybridized carbons (Fsp3) is 0.833. The van der Waals surface area contributed by atoms with Crippen molar-refractivity contribution in [1.82, 2.24) is 5.32 Å². The Balaban J connectivity index is 3.39. The first kappa shape index (κ1) is 8.98. The fourth-order valence-electron chi connectivity index (χ4n) is 0.341. The van der Waals surface area contributed by atoms with Crippen molar-refractivity contribution in [1.29, 1.82) is 0 Å². The lowest BCUT2D eigenvalue weighted by atomic mass is 10.1. The van der Waals surface area contributed by atoms with Gasteiger partial charge in [0.1, 0.15) is 0 Å². The van der Waals surface area contributed by atoms with E-state index in [4.69, 9.17) is 0 Å². The second-order valence-corrected chi connectivity index (χ2v) is 3.50. The van der Waals surface area contributed by atoms with Gasteiger partial charge in [0.25, 0.3) is 0 Å². The third-order valence-corrected chi connectivity index (χ3v) is 0.928. The first-order valence-corrected chi connectivity index (χ1v) is 3.33. The van der Waals surface area contributed by atoms with Crippen LogP contribution in [-0.4, -0.2) is 17.2 Å². The topological polar surface area (TPSA) is 29.1 Å². The lowest BCUT2D eigenvalue weighted by Crippen LogP contribution is -2.38. The monoisotopic (exact) mass is 147 g/mol. The standard InChI is InChI=1S/C6H13NOS/c1-6(2,3)7-4-5(8)9/h7H,4H2,1-3H3,(H,8,9). The Hall–Kier alpha value is -0.0200. The molecule has 0 radical (unpaired) electrons. The zero-order chi connectivity index (χ0) is 7.49. The number of thiol groups is 1. The van der Waals surface area contributed by atoms with E-state index in [9.17, 15) is 4.79 Å². The molecule has 0 aliphatic rings. The summed E-state index contributed by atoms with van der Waals surface area (Å²) >= 11 is 3.61. The zero-order valence-corrected chi connectivity index (χ0v) is 6.96. The molecule has 2 nitrogen and oxygen atoms in total. The molecule has 0 fully saturated rings. The van der Waals surface area contributed by atoms with Crippen LogP contribution in [0.25, 0.3) is 0 Å². The van der Waals surface area contributed by atoms with Gasteiger partial charge in [0.2, 0.25) is 0 Å². The Morgan fingerprint density at radius 2 is 2.00 bits per heavy atom. The Morgan fingerprint density at radius 1 is 1.56 bits per heavy atom. The number of hydrogen-bond acceptors (Lipinski definition) is 2. The molecule has 54 valence electrons. The van der Waals surface area contributed by atoms with Crippen molar-refractivity contribution < 1.29 is 4.79 Å². The molecule has 0 atom stereocenters. The van der Waals surface area contributed by atoms with Gasteiger partial charge < -0.3 is 5.32 Å². The van der Waals surface area contributed by atoms with E-state index in [0.29, 0.717) is 6.54 Å². The maximum absolute atomic E-state index is 10.3. The van der Waals surface area contributed by atoms with Crippen LogP contribution in [-0.2, 0) is 4.79 Å². The van der Waals surface area contributed by atoms with E-state index >= 15 is 0 Å². The average Bonchev–Trinajstić information content (AvgIpc) is 1.59. The highest BCUT2D eigenvalue weighted by atomic mass is 32.1. The summed E-state index contributed by atoms with van der Waals surface area (Å²) in [7, 11) is 0. The van der Waals surface area contributed by atoms with Gasteiger partial charge in [-0.25, -0.2) is 0 Å². The van der Waals surface area contributed by atoms with Crippen molar-refractivity contribution in [3.8, 4) is 0 Å². The molecule has 1 N–H and O–H groups in total. The van der Waals surface area contributed by atoms with E-state index in [1.165, 1.54) is 0 Å². The van der Waals surface area contributed by atoms with Crippen LogP contribution >= 0.6 is 12.6 Å². The van der Waals surface area contributed by atoms with Gasteiger partial charge in [-0.15, -0.1) is 12.6 Å². The summed E-state index contributed by atoms with van der Waals surface area (Å²) in [6.45, 7) is 6.35. The minimum absolute atomic E-state index is 0.0123. The number of carbonyl (C=O) groups is 1. The number of rotatable bonds is 2. The van der Waals surface area contributed by atoms with Gasteiger partial charge in [0.05, 0.1) is 6.54 Å². The van der Waals surface area contributed by atoms with Crippen LogP contribution in [0.1, 0.15) is 20.8 Å². The van der Waals surface area contributed by atoms with Gasteiger partial charge in [-0.1, -0.05) is 0 Å². The molecule has 0 rings (SSSR count). The van der Waals surface area contributed by atoms with Gasteiger partial charge >= 0.3 is 0 Å². The van der Waals surface area contributed by atoms with Crippen molar-refractivity contribution in [2.24, 2.45) is 0 Å². The van der Waals surface area contributed by atoms with Crippen LogP contribution in [0.2, 0.25) is 0 Å². The van der Waals surface area contributed by atoms with Crippen LogP contribution in [0.4, 0.5) is 0 Å². The normalized spacial score (nSPS) is 11.6. The summed E-state index contributed by atoms with van der Waals surface area (Å²) in [6, 6.07) is 0. The van der Waals surface area contributed by atoms with Crippen LogP contribution in [0, 0.1) is 0 Å². The second kappa shape index (κ2) is 3.22. The summed E-state index contributed by atoms with van der Waals surface area (Å²) in [5, 5.41) is 2.87. The molecule has 3 heteroatoms. The van der Waals surface area contributed by atoms with Crippen molar-refractivity contribution in [2.45, 2.75) is 26.3 Å². The average molecular weight is 147 g/mol. The zero-order valence-electron chi connectivity index (χ0n) is 6.06. The molecule has 0 aromatic heterocycles. The molecule has 0 aliphatic heterocycles. The fourth-order valence-corrected chi connectivity index (χ4v) is 0.420. The van der Waals surface area contributed by atoms with Crippen molar-refractivity contribution in [3.63, 3.8) is 0 Å². The molecular formula is C6H13NOS. The maximum Gasteiger partial charge on any atom is 0.199 e. The minimum Gasteiger partial charge on any atom is -0.305 e. The third kappa shape index (κ3) is 7.98. The van der Waals surface area contributed by atoms with Crippen LogP contribution in [0.3, 0.4) is 0 Å². The molecule has 0 spiro atoms. The van der Waals surface area contributed by atoms with Gasteiger partial charge in [0.15, 0.2) is 5.12 Å². The van der Waals surface area contributed by atoms with Crippen LogP contribution in [0.5, 0.6) is 0 Å². The second-order valence-electron chi connectivity index (χ2n) is 3.00. The lowest BCUT2D eigenvalue weighted by molar-refractivity contribution is -0.110. The van der Waals surface area contributed by atoms with Crippen molar-refractivity contribution >= 4 is 17.7 Å². The van der Waals surface area contributed by atoms with E-state index in [1.807, 2.05) is 20.8 Å². The first-order valence-electron chi connectivity index (χ1n) is 2.88. The van der Waals surface area contributed by atoms with Crippen molar-refractivity contribution in [2.75, 3.05) is 6.54 Å². The SMILES string of the molecule is CC(C)(C)NCC(=O)S. The summed E-state index contributed by atoms with van der Waals surface area (Å²) in [4.78, 5) is 10.3. The van der Waals surface area contributed by atoms with Gasteiger partial charge in [-0.2, -0.15) is 0 Å². The minimum atomic E-state index is -0.120. The Kier molecular flexibility index (Phi) is 3.22. The molecule has 0 amide bonds. The Labute approximate surface area is 61.4 Å². The highest BCUT2D eigenvalue weighted by Crippen LogP contribution is 1.97. The summed E-state index contributed by atoms with van der Waals surface area (Å²) < 4.78 is 0. The Morgan fingerprint density at radius 3 is 2.11 bits per heavy atom. The quantitative estimate of drug-likeness (QED) is 0.566. The molecule has 0 aromatic rings. The molecular weight excluding hydrogens is 134 g/mol. The molecule has 9 heavy (non-hydrogen) atoms. The smallest absolute Gasteiger partial charge is 0.199 e. The largest absolute Gasteiger partial charge is 0.305 e. The van der Waals surface area contributed by atoms with Gasteiger partial charge in [-0.3, -0.25) is 4.79 Å². The molecule has 0 bridgehead atoms. The molecule has 0 heterocycles. The summed E-state index contributed by atoms with van der Waals surface area (Å²) in [5.41, 5.74) is 0.0123. The van der Waals surface area contributed by atoms with E-state index in [2.05, 4.69) is 17.9 Å². The van der Waals surface area contributed by atoms with Gasteiger partial charge in [-0.05, 0) is 20.8 Å². The van der Waals surface area contributed by atoms with E-state index < -0.39 is 0 Å². The number of carbonyl (C=O) groups excluding carboxylic acids is 1. The summed E-state index contributed by atoms with van der Waals surface area (Å²) in [6.07, 6.45) is 0. The number of hydrogen-bond donors (Lipinski definition) is 2. The first-order chi connectivity index (χ1) is 3.92. The molecule has 0 saturated heterocycles. The van der Waals surface area contributed by atoms with E-state index in [0.717, 1.165) is 0 Å². The predicted octanol–water partition coefficient (Wildman–Crippen LogP) is 0.831. The lowest BCUT2D eigenvalue weighted by Gasteiger charge is -2.18. The molecule has 0 unspecified atom stereocenters. The van der Waals surface area contributed by atoms with Gasteiger partial charge in [0, 0.05) is 5.54 Å². The summed E-state index contributed by atoms with van der Waals surface area (Å²) in [5.74, 6) is 0. The highest BCUT2D eigenvalue weighted by Gasteiger charge is 2.08. The Bertz CT molecular complexity index is 106. The molecule has 0 saturated carbocycles. The molecule has 0 aromatic carbocycles. The van der Waals surface area contributed by atoms with E-state index in [-0.39, 0.29) is 10.7 Å². The number of nitrogens with one attached hydrogen (secondary N) is 1.